The molecule has 2 saturated heterocycles. The van der Waals surface area contributed by atoms with Gasteiger partial charge in [0.1, 0.15) is 11.2 Å². The van der Waals surface area contributed by atoms with Crippen molar-refractivity contribution in [1.82, 2.24) is 20.0 Å². The van der Waals surface area contributed by atoms with Crippen LogP contribution in [0.25, 0.3) is 21.5 Å². The lowest BCUT2D eigenvalue weighted by molar-refractivity contribution is 0.0145. The van der Waals surface area contributed by atoms with Crippen molar-refractivity contribution in [2.24, 2.45) is 0 Å². The first kappa shape index (κ1) is 40.1. The number of ether oxygens (including phenoxy) is 2. The second kappa shape index (κ2) is 19.3. The van der Waals surface area contributed by atoms with Crippen molar-refractivity contribution >= 4 is 49.7 Å². The highest BCUT2D eigenvalue weighted by molar-refractivity contribution is 9.09. The quantitative estimate of drug-likeness (QED) is 0.206. The van der Waals surface area contributed by atoms with E-state index in [2.05, 4.69) is 111 Å². The van der Waals surface area contributed by atoms with Crippen molar-refractivity contribution in [3.63, 3.8) is 0 Å². The Kier molecular flexibility index (Phi) is 15.1. The standard InChI is InChI=1S/C21H28N2O2.C12H11Br.C9H18N2O2/c1-21(2,3)25-20(24)23-15-13-22(14-16-23)12-11-18-9-6-8-17-7-4-5-10-19(17)18;13-9-8-11-6-3-5-10-4-1-2-7-12(10)11;1-9(2,3)13-8(12)11-6-4-10-5-7-11/h4-10H,11-16H2,1-3H3;1-7H,8-9H2;10H,4-7H2,1-3H3. The Bertz CT molecular complexity index is 1680. The molecule has 0 atom stereocenters. The van der Waals surface area contributed by atoms with E-state index in [4.69, 9.17) is 9.47 Å². The highest BCUT2D eigenvalue weighted by Crippen LogP contribution is 2.21. The zero-order valence-electron chi connectivity index (χ0n) is 31.4. The number of fused-ring (bicyclic) bond motifs is 2. The van der Waals surface area contributed by atoms with Gasteiger partial charge in [0.05, 0.1) is 0 Å². The minimum absolute atomic E-state index is 0.193. The summed E-state index contributed by atoms with van der Waals surface area (Å²) in [6.45, 7) is 18.9. The fourth-order valence-electron chi connectivity index (χ4n) is 6.06. The number of carbonyl (C=O) groups is 2. The van der Waals surface area contributed by atoms with Crippen LogP contribution in [0.5, 0.6) is 0 Å². The number of rotatable bonds is 5. The van der Waals surface area contributed by atoms with Crippen LogP contribution in [0, 0.1) is 0 Å². The van der Waals surface area contributed by atoms with Gasteiger partial charge in [-0.3, -0.25) is 4.90 Å². The summed E-state index contributed by atoms with van der Waals surface area (Å²) < 4.78 is 10.7. The predicted molar refractivity (Wildman–Crippen MR) is 214 cm³/mol. The number of benzene rings is 4. The first-order chi connectivity index (χ1) is 24.3. The number of amides is 2. The van der Waals surface area contributed by atoms with Crippen molar-refractivity contribution < 1.29 is 19.1 Å². The summed E-state index contributed by atoms with van der Waals surface area (Å²) in [6.07, 6.45) is 1.74. The number of nitrogens with zero attached hydrogens (tertiary/aromatic N) is 3. The molecule has 2 heterocycles. The third-order valence-corrected chi connectivity index (χ3v) is 9.01. The number of halogens is 1. The van der Waals surface area contributed by atoms with Gasteiger partial charge in [-0.25, -0.2) is 9.59 Å². The molecule has 0 unspecified atom stereocenters. The fraction of sp³-hybridized carbons (Fsp3) is 0.476. The summed E-state index contributed by atoms with van der Waals surface area (Å²) in [4.78, 5) is 29.6. The van der Waals surface area contributed by atoms with Gasteiger partial charge in [0.2, 0.25) is 0 Å². The lowest BCUT2D eigenvalue weighted by Crippen LogP contribution is -2.50. The van der Waals surface area contributed by atoms with Crippen LogP contribution in [0.15, 0.2) is 84.9 Å². The summed E-state index contributed by atoms with van der Waals surface area (Å²) in [5.41, 5.74) is 2.01. The molecule has 1 N–H and O–H groups in total. The molecule has 276 valence electrons. The van der Waals surface area contributed by atoms with E-state index in [0.29, 0.717) is 0 Å². The van der Waals surface area contributed by atoms with E-state index >= 15 is 0 Å². The molecule has 4 aromatic rings. The van der Waals surface area contributed by atoms with Gasteiger partial charge in [-0.2, -0.15) is 0 Å². The molecular weight excluding hydrogens is 704 g/mol. The third kappa shape index (κ3) is 13.4. The van der Waals surface area contributed by atoms with Gasteiger partial charge in [-0.05, 0) is 87.1 Å². The van der Waals surface area contributed by atoms with E-state index in [-0.39, 0.29) is 17.8 Å². The van der Waals surface area contributed by atoms with E-state index in [1.807, 2.05) is 46.4 Å². The predicted octanol–water partition coefficient (Wildman–Crippen LogP) is 8.54. The summed E-state index contributed by atoms with van der Waals surface area (Å²) in [7, 11) is 0. The van der Waals surface area contributed by atoms with Gasteiger partial charge < -0.3 is 24.6 Å². The average Bonchev–Trinajstić information content (AvgIpc) is 3.11. The minimum atomic E-state index is -0.428. The van der Waals surface area contributed by atoms with Crippen LogP contribution in [-0.2, 0) is 22.3 Å². The van der Waals surface area contributed by atoms with Crippen molar-refractivity contribution in [2.75, 3.05) is 64.2 Å². The molecule has 51 heavy (non-hydrogen) atoms. The van der Waals surface area contributed by atoms with Crippen LogP contribution in [-0.4, -0.2) is 102 Å². The number of aryl methyl sites for hydroxylation is 1. The molecule has 0 aliphatic carbocycles. The van der Waals surface area contributed by atoms with Gasteiger partial charge >= 0.3 is 12.2 Å². The Morgan fingerprint density at radius 3 is 1.51 bits per heavy atom. The van der Waals surface area contributed by atoms with Crippen LogP contribution in [0.4, 0.5) is 9.59 Å². The Morgan fingerprint density at radius 1 is 0.608 bits per heavy atom. The third-order valence-electron chi connectivity index (χ3n) is 8.61. The van der Waals surface area contributed by atoms with Crippen LogP contribution < -0.4 is 5.32 Å². The van der Waals surface area contributed by atoms with Crippen molar-refractivity contribution in [3.8, 4) is 0 Å². The Labute approximate surface area is 313 Å². The van der Waals surface area contributed by atoms with Crippen molar-refractivity contribution in [3.05, 3.63) is 96.1 Å². The van der Waals surface area contributed by atoms with Gasteiger partial charge in [0, 0.05) is 64.2 Å². The molecule has 0 bridgehead atoms. The molecule has 6 rings (SSSR count). The average molecular weight is 762 g/mol. The van der Waals surface area contributed by atoms with Crippen molar-refractivity contribution in [2.45, 2.75) is 65.6 Å². The van der Waals surface area contributed by atoms with Crippen molar-refractivity contribution in [1.29, 1.82) is 0 Å². The number of hydrogen-bond acceptors (Lipinski definition) is 6. The number of carbonyl (C=O) groups excluding carboxylic acids is 2. The number of alkyl halides is 1. The Balaban J connectivity index is 0.000000189. The van der Waals surface area contributed by atoms with Crippen LogP contribution in [0.2, 0.25) is 0 Å². The highest BCUT2D eigenvalue weighted by Gasteiger charge is 2.26. The van der Waals surface area contributed by atoms with E-state index in [0.717, 1.165) is 77.1 Å². The van der Waals surface area contributed by atoms with Crippen LogP contribution in [0.1, 0.15) is 52.7 Å². The maximum atomic E-state index is 12.1. The second-order valence-corrected chi connectivity index (χ2v) is 15.8. The molecule has 2 aliphatic rings. The molecule has 4 aromatic carbocycles. The molecule has 2 aliphatic heterocycles. The minimum Gasteiger partial charge on any atom is -0.444 e. The molecule has 0 spiro atoms. The summed E-state index contributed by atoms with van der Waals surface area (Å²) in [6, 6.07) is 30.1. The second-order valence-electron chi connectivity index (χ2n) is 15.0. The zero-order valence-corrected chi connectivity index (χ0v) is 33.0. The molecular formula is C42H57BrN4O4. The monoisotopic (exact) mass is 760 g/mol. The molecule has 0 radical (unpaired) electrons. The van der Waals surface area contributed by atoms with Crippen LogP contribution in [0.3, 0.4) is 0 Å². The first-order valence-electron chi connectivity index (χ1n) is 18.2. The molecule has 0 aromatic heterocycles. The lowest BCUT2D eigenvalue weighted by atomic mass is 10.0. The Morgan fingerprint density at radius 2 is 1.04 bits per heavy atom. The number of piperazine rings is 2. The van der Waals surface area contributed by atoms with Gasteiger partial charge in [0.25, 0.3) is 0 Å². The van der Waals surface area contributed by atoms with E-state index in [9.17, 15) is 9.59 Å². The van der Waals surface area contributed by atoms with Gasteiger partial charge in [-0.1, -0.05) is 101 Å². The summed E-state index contributed by atoms with van der Waals surface area (Å²) >= 11 is 3.47. The molecule has 0 saturated carbocycles. The Hall–Kier alpha value is -3.66. The van der Waals surface area contributed by atoms with Crippen LogP contribution >= 0.6 is 15.9 Å². The van der Waals surface area contributed by atoms with E-state index in [1.165, 1.54) is 32.7 Å². The summed E-state index contributed by atoms with van der Waals surface area (Å²) in [5, 5.41) is 9.57. The molecule has 8 nitrogen and oxygen atoms in total. The molecule has 9 heteroatoms. The van der Waals surface area contributed by atoms with Gasteiger partial charge in [-0.15, -0.1) is 0 Å². The molecule has 2 fully saturated rings. The number of nitrogens with one attached hydrogen (secondary N) is 1. The van der Waals surface area contributed by atoms with E-state index in [1.54, 1.807) is 4.90 Å². The highest BCUT2D eigenvalue weighted by atomic mass is 79.9. The van der Waals surface area contributed by atoms with Gasteiger partial charge in [0.15, 0.2) is 0 Å². The van der Waals surface area contributed by atoms with E-state index < -0.39 is 5.60 Å². The zero-order chi connectivity index (χ0) is 36.9. The maximum Gasteiger partial charge on any atom is 0.410 e. The number of hydrogen-bond donors (Lipinski definition) is 1. The first-order valence-corrected chi connectivity index (χ1v) is 19.3. The summed E-state index contributed by atoms with van der Waals surface area (Å²) in [5.74, 6) is 0. The largest absolute Gasteiger partial charge is 0.444 e. The molecule has 2 amide bonds. The smallest absolute Gasteiger partial charge is 0.410 e. The fourth-order valence-corrected chi connectivity index (χ4v) is 6.48. The maximum absolute atomic E-state index is 12.1. The lowest BCUT2D eigenvalue weighted by Gasteiger charge is -2.35. The SMILES string of the molecule is BrCCc1cccc2ccccc12.CC(C)(C)OC(=O)N1CCN(CCc2cccc3ccccc23)CC1.CC(C)(C)OC(=O)N1CCNCC1. The topological polar surface area (TPSA) is 74.4 Å². The normalized spacial score (nSPS) is 15.4.